The van der Waals surface area contributed by atoms with Crippen molar-refractivity contribution in [3.63, 3.8) is 0 Å². The lowest BCUT2D eigenvalue weighted by Crippen LogP contribution is -2.52. The van der Waals surface area contributed by atoms with Gasteiger partial charge in [0.1, 0.15) is 0 Å². The highest BCUT2D eigenvalue weighted by molar-refractivity contribution is 5.40. The number of aromatic nitrogens is 1. The number of hydrogen-bond donors (Lipinski definition) is 2. The van der Waals surface area contributed by atoms with Crippen LogP contribution in [0.25, 0.3) is 0 Å². The minimum atomic E-state index is -0.414. The average Bonchev–Trinajstić information content (AvgIpc) is 2.26. The second-order valence-electron chi connectivity index (χ2n) is 5.57. The lowest BCUT2D eigenvalue weighted by atomic mass is 9.60. The third-order valence-corrected chi connectivity index (χ3v) is 4.32. The number of nitrogens with two attached hydrogens (primary N) is 1. The summed E-state index contributed by atoms with van der Waals surface area (Å²) in [6, 6.07) is 3.46. The smallest absolute Gasteiger partial charge is 0.248 e. The second-order valence-corrected chi connectivity index (χ2v) is 5.57. The molecule has 18 heavy (non-hydrogen) atoms. The molecular weight excluding hydrogens is 224 g/mol. The molecule has 1 aromatic rings. The van der Waals surface area contributed by atoms with Crippen molar-refractivity contribution >= 4 is 0 Å². The van der Waals surface area contributed by atoms with Crippen molar-refractivity contribution in [2.24, 2.45) is 17.6 Å². The Bertz CT molecular complexity index is 599. The van der Waals surface area contributed by atoms with Crippen LogP contribution >= 0.6 is 0 Å². The molecule has 3 heteroatoms. The van der Waals surface area contributed by atoms with Gasteiger partial charge in [-0.3, -0.25) is 4.79 Å². The number of allylic oxidation sites excluding steroid dienone is 1. The summed E-state index contributed by atoms with van der Waals surface area (Å²) in [7, 11) is 0. The summed E-state index contributed by atoms with van der Waals surface area (Å²) in [5.41, 5.74) is 9.62. The van der Waals surface area contributed by atoms with E-state index in [1.807, 2.05) is 12.1 Å². The van der Waals surface area contributed by atoms with Crippen LogP contribution in [0.2, 0.25) is 0 Å². The van der Waals surface area contributed by atoms with Crippen LogP contribution in [0.15, 0.2) is 41.2 Å². The van der Waals surface area contributed by atoms with Crippen LogP contribution in [0, 0.1) is 11.8 Å². The minimum Gasteiger partial charge on any atom is -0.326 e. The highest BCUT2D eigenvalue weighted by Crippen LogP contribution is 2.48. The Morgan fingerprint density at radius 1 is 1.56 bits per heavy atom. The molecule has 3 rings (SSSR count). The van der Waals surface area contributed by atoms with Crippen LogP contribution in [0.3, 0.4) is 0 Å². The third-order valence-electron chi connectivity index (χ3n) is 4.32. The SMILES string of the molecule is C=C[C@H]1[C@@H]2C=C(C)C[C@]1(N)c1ccc(=O)[nH]c1C2. The van der Waals surface area contributed by atoms with Gasteiger partial charge in [-0.25, -0.2) is 0 Å². The molecule has 0 saturated heterocycles. The number of H-pyrrole nitrogens is 1. The molecule has 0 unspecified atom stereocenters. The maximum absolute atomic E-state index is 11.4. The minimum absolute atomic E-state index is 0.0480. The fraction of sp³-hybridized carbons (Fsp3) is 0.400. The van der Waals surface area contributed by atoms with Gasteiger partial charge in [0.15, 0.2) is 0 Å². The average molecular weight is 242 g/mol. The van der Waals surface area contributed by atoms with E-state index in [2.05, 4.69) is 24.6 Å². The molecule has 1 heterocycles. The van der Waals surface area contributed by atoms with Gasteiger partial charge in [-0.2, -0.15) is 0 Å². The Morgan fingerprint density at radius 2 is 2.33 bits per heavy atom. The Hall–Kier alpha value is -1.61. The number of aromatic amines is 1. The van der Waals surface area contributed by atoms with Crippen molar-refractivity contribution in [2.45, 2.75) is 25.3 Å². The molecule has 0 amide bonds. The molecule has 0 fully saturated rings. The van der Waals surface area contributed by atoms with Gasteiger partial charge in [0.05, 0.1) is 5.54 Å². The van der Waals surface area contributed by atoms with Crippen LogP contribution in [-0.4, -0.2) is 4.98 Å². The first-order valence-corrected chi connectivity index (χ1v) is 6.36. The van der Waals surface area contributed by atoms with E-state index in [1.165, 1.54) is 5.57 Å². The van der Waals surface area contributed by atoms with Gasteiger partial charge in [-0.1, -0.05) is 17.7 Å². The molecule has 0 spiro atoms. The van der Waals surface area contributed by atoms with Crippen molar-refractivity contribution in [2.75, 3.05) is 0 Å². The van der Waals surface area contributed by atoms with E-state index in [0.717, 1.165) is 24.1 Å². The molecule has 3 atom stereocenters. The van der Waals surface area contributed by atoms with Crippen LogP contribution in [0.1, 0.15) is 24.6 Å². The Balaban J connectivity index is 2.24. The Morgan fingerprint density at radius 3 is 3.06 bits per heavy atom. The maximum atomic E-state index is 11.4. The zero-order chi connectivity index (χ0) is 12.9. The predicted octanol–water partition coefficient (Wildman–Crippen LogP) is 1.85. The number of hydrogen-bond acceptors (Lipinski definition) is 2. The molecule has 1 aromatic heterocycles. The molecular formula is C15H18N2O. The molecule has 94 valence electrons. The van der Waals surface area contributed by atoms with Gasteiger partial charge in [0, 0.05) is 17.7 Å². The van der Waals surface area contributed by atoms with Gasteiger partial charge in [-0.15, -0.1) is 6.58 Å². The van der Waals surface area contributed by atoms with E-state index < -0.39 is 5.54 Å². The monoisotopic (exact) mass is 242 g/mol. The molecule has 0 saturated carbocycles. The summed E-state index contributed by atoms with van der Waals surface area (Å²) in [5.74, 6) is 0.603. The quantitative estimate of drug-likeness (QED) is 0.738. The van der Waals surface area contributed by atoms with E-state index in [-0.39, 0.29) is 11.5 Å². The second kappa shape index (κ2) is 3.69. The van der Waals surface area contributed by atoms with Crippen molar-refractivity contribution in [1.82, 2.24) is 4.98 Å². The molecule has 3 N–H and O–H groups in total. The first kappa shape index (κ1) is 11.5. The highest BCUT2D eigenvalue weighted by atomic mass is 16.1. The highest BCUT2D eigenvalue weighted by Gasteiger charge is 2.46. The predicted molar refractivity (Wildman–Crippen MR) is 72.2 cm³/mol. The summed E-state index contributed by atoms with van der Waals surface area (Å²) in [6.07, 6.45) is 5.94. The number of nitrogens with one attached hydrogen (secondary N) is 1. The van der Waals surface area contributed by atoms with Gasteiger partial charge < -0.3 is 10.7 Å². The van der Waals surface area contributed by atoms with Crippen LogP contribution in [0.5, 0.6) is 0 Å². The van der Waals surface area contributed by atoms with Crippen LogP contribution in [0.4, 0.5) is 0 Å². The standard InChI is InChI=1S/C15H18N2O/c1-3-11-10-6-9(2)8-15(11,16)12-4-5-14(18)17-13(12)7-10/h3-6,10-11H,1,7-8,16H2,2H3,(H,17,18)/t10-,11+,15-/m1/s1. The molecule has 2 bridgehead atoms. The van der Waals surface area contributed by atoms with Crippen molar-refractivity contribution in [3.8, 4) is 0 Å². The maximum Gasteiger partial charge on any atom is 0.248 e. The van der Waals surface area contributed by atoms with Gasteiger partial charge in [0.25, 0.3) is 0 Å². The molecule has 0 aromatic carbocycles. The van der Waals surface area contributed by atoms with E-state index in [4.69, 9.17) is 5.73 Å². The van der Waals surface area contributed by atoms with Crippen molar-refractivity contribution in [1.29, 1.82) is 0 Å². The lowest BCUT2D eigenvalue weighted by Gasteiger charge is -2.48. The molecule has 2 aliphatic rings. The molecule has 0 aliphatic heterocycles. The van der Waals surface area contributed by atoms with Gasteiger partial charge in [0.2, 0.25) is 5.56 Å². The van der Waals surface area contributed by atoms with Crippen molar-refractivity contribution in [3.05, 3.63) is 58.0 Å². The lowest BCUT2D eigenvalue weighted by molar-refractivity contribution is 0.219. The summed E-state index contributed by atoms with van der Waals surface area (Å²) in [6.45, 7) is 6.08. The van der Waals surface area contributed by atoms with E-state index in [0.29, 0.717) is 5.92 Å². The largest absolute Gasteiger partial charge is 0.326 e. The topological polar surface area (TPSA) is 58.9 Å². The molecule has 2 aliphatic carbocycles. The number of fused-ring (bicyclic) bond motifs is 4. The zero-order valence-electron chi connectivity index (χ0n) is 10.6. The first-order valence-electron chi connectivity index (χ1n) is 6.36. The summed E-state index contributed by atoms with van der Waals surface area (Å²) in [5, 5.41) is 0. The Kier molecular flexibility index (Phi) is 2.35. The Labute approximate surface area is 106 Å². The first-order chi connectivity index (χ1) is 8.54. The molecule has 0 radical (unpaired) electrons. The van der Waals surface area contributed by atoms with Gasteiger partial charge in [-0.05, 0) is 37.3 Å². The van der Waals surface area contributed by atoms with Crippen LogP contribution < -0.4 is 11.3 Å². The fourth-order valence-corrected chi connectivity index (χ4v) is 3.69. The van der Waals surface area contributed by atoms with Gasteiger partial charge >= 0.3 is 0 Å². The normalized spacial score (nSPS) is 33.6. The van der Waals surface area contributed by atoms with E-state index >= 15 is 0 Å². The molecule has 3 nitrogen and oxygen atoms in total. The van der Waals surface area contributed by atoms with Crippen molar-refractivity contribution < 1.29 is 0 Å². The van der Waals surface area contributed by atoms with E-state index in [9.17, 15) is 4.79 Å². The third kappa shape index (κ3) is 1.44. The van der Waals surface area contributed by atoms with E-state index in [1.54, 1.807) is 6.07 Å². The number of pyridine rings is 1. The zero-order valence-corrected chi connectivity index (χ0v) is 10.6. The summed E-state index contributed by atoms with van der Waals surface area (Å²) in [4.78, 5) is 14.4. The summed E-state index contributed by atoms with van der Waals surface area (Å²) >= 11 is 0. The number of rotatable bonds is 1. The van der Waals surface area contributed by atoms with Crippen LogP contribution in [-0.2, 0) is 12.0 Å². The summed E-state index contributed by atoms with van der Waals surface area (Å²) < 4.78 is 0. The fourth-order valence-electron chi connectivity index (χ4n) is 3.69.